The maximum Gasteiger partial charge on any atom is 0.446 e. The van der Waals surface area contributed by atoms with Gasteiger partial charge in [-0.15, -0.1) is 0 Å². The first kappa shape index (κ1) is 19.0. The molecule has 1 N–H and O–H groups in total. The summed E-state index contributed by atoms with van der Waals surface area (Å²) in [5.74, 6) is -13.5. The van der Waals surface area contributed by atoms with Crippen LogP contribution in [0.4, 0.5) is 40.8 Å². The van der Waals surface area contributed by atoms with Crippen LogP contribution in [0.2, 0.25) is 0 Å². The molecule has 0 aliphatic heterocycles. The molecular formula is C14H5F8NOS. The number of halogens is 8. The van der Waals surface area contributed by atoms with Crippen LogP contribution in [0.1, 0.15) is 10.4 Å². The molecule has 0 spiro atoms. The summed E-state index contributed by atoms with van der Waals surface area (Å²) >= 11 is -0.518. The maximum absolute atomic E-state index is 13.5. The normalized spacial score (nSPS) is 11.5. The number of carbonyl (C=O) groups is 1. The topological polar surface area (TPSA) is 29.1 Å². The molecule has 0 saturated carbocycles. The van der Waals surface area contributed by atoms with Gasteiger partial charge in [-0.25, -0.2) is 22.0 Å². The fourth-order valence-electron chi connectivity index (χ4n) is 1.77. The molecule has 0 aliphatic carbocycles. The molecule has 0 aliphatic rings. The number of hydrogen-bond acceptors (Lipinski definition) is 2. The van der Waals surface area contributed by atoms with Gasteiger partial charge in [-0.3, -0.25) is 4.79 Å². The number of amides is 1. The number of hydrogen-bond donors (Lipinski definition) is 1. The Labute approximate surface area is 138 Å². The molecule has 0 aromatic heterocycles. The molecule has 11 heteroatoms. The number of nitrogens with one attached hydrogen (secondary N) is 1. The molecule has 0 saturated heterocycles. The van der Waals surface area contributed by atoms with Crippen LogP contribution in [0.15, 0.2) is 29.2 Å². The number of alkyl halides is 3. The minimum Gasteiger partial charge on any atom is -0.322 e. The van der Waals surface area contributed by atoms with E-state index in [0.29, 0.717) is 0 Å². The van der Waals surface area contributed by atoms with Crippen molar-refractivity contribution < 1.29 is 39.9 Å². The van der Waals surface area contributed by atoms with Crippen molar-refractivity contribution in [2.45, 2.75) is 10.4 Å². The minimum absolute atomic E-state index is 0.330. The number of anilines is 1. The van der Waals surface area contributed by atoms with Gasteiger partial charge in [0.2, 0.25) is 5.82 Å². The van der Waals surface area contributed by atoms with E-state index in [0.717, 1.165) is 24.3 Å². The molecule has 0 unspecified atom stereocenters. The molecule has 0 atom stereocenters. The zero-order valence-corrected chi connectivity index (χ0v) is 12.5. The van der Waals surface area contributed by atoms with Gasteiger partial charge < -0.3 is 5.32 Å². The van der Waals surface area contributed by atoms with Gasteiger partial charge >= 0.3 is 5.51 Å². The molecule has 0 fully saturated rings. The van der Waals surface area contributed by atoms with E-state index in [4.69, 9.17) is 0 Å². The Bertz CT molecular complexity index is 807. The number of thioether (sulfide) groups is 1. The third-order valence-corrected chi connectivity index (χ3v) is 3.48. The fourth-order valence-corrected chi connectivity index (χ4v) is 2.37. The van der Waals surface area contributed by atoms with Gasteiger partial charge in [0.25, 0.3) is 5.91 Å². The fraction of sp³-hybridized carbons (Fsp3) is 0.0714. The second-order valence-corrected chi connectivity index (χ2v) is 5.61. The predicted molar refractivity (Wildman–Crippen MR) is 72.5 cm³/mol. The van der Waals surface area contributed by atoms with Gasteiger partial charge in [-0.2, -0.15) is 13.2 Å². The summed E-state index contributed by atoms with van der Waals surface area (Å²) in [4.78, 5) is 11.4. The van der Waals surface area contributed by atoms with Gasteiger partial charge in [0.05, 0.1) is 0 Å². The standard InChI is InChI=1S/C14H5F8NOS/c15-8-7(9(16)11(18)12(19)10(8)17)13(24)23-5-2-1-3-6(4-5)25-14(20,21)22/h1-4H,(H,23,24). The maximum atomic E-state index is 13.5. The van der Waals surface area contributed by atoms with E-state index < -0.39 is 57.8 Å². The molecule has 2 nitrogen and oxygen atoms in total. The summed E-state index contributed by atoms with van der Waals surface area (Å²) in [5, 5.41) is 1.78. The monoisotopic (exact) mass is 387 g/mol. The molecule has 2 aromatic carbocycles. The Morgan fingerprint density at radius 2 is 1.40 bits per heavy atom. The highest BCUT2D eigenvalue weighted by atomic mass is 32.2. The highest BCUT2D eigenvalue weighted by molar-refractivity contribution is 8.00. The predicted octanol–water partition coefficient (Wildman–Crippen LogP) is 5.25. The van der Waals surface area contributed by atoms with Crippen LogP contribution in [-0.4, -0.2) is 11.4 Å². The van der Waals surface area contributed by atoms with Crippen LogP contribution in [0.3, 0.4) is 0 Å². The lowest BCUT2D eigenvalue weighted by atomic mass is 10.1. The van der Waals surface area contributed by atoms with Crippen molar-refractivity contribution in [2.24, 2.45) is 0 Å². The van der Waals surface area contributed by atoms with Crippen molar-refractivity contribution in [1.29, 1.82) is 0 Å². The minimum atomic E-state index is -4.62. The van der Waals surface area contributed by atoms with E-state index in [-0.39, 0.29) is 10.6 Å². The van der Waals surface area contributed by atoms with Crippen LogP contribution in [0, 0.1) is 29.1 Å². The van der Waals surface area contributed by atoms with Gasteiger partial charge in [-0.05, 0) is 30.0 Å². The third-order valence-electron chi connectivity index (χ3n) is 2.76. The Balaban J connectivity index is 2.34. The van der Waals surface area contributed by atoms with Gasteiger partial charge in [0.15, 0.2) is 23.3 Å². The average molecular weight is 387 g/mol. The molecule has 0 radical (unpaired) electrons. The first-order valence-corrected chi connectivity index (χ1v) is 7.01. The Morgan fingerprint density at radius 1 is 0.880 bits per heavy atom. The summed E-state index contributed by atoms with van der Waals surface area (Å²) < 4.78 is 103. The Kier molecular flexibility index (Phi) is 5.26. The van der Waals surface area contributed by atoms with E-state index in [2.05, 4.69) is 0 Å². The van der Waals surface area contributed by atoms with Crippen LogP contribution in [0.5, 0.6) is 0 Å². The van der Waals surface area contributed by atoms with Crippen molar-refractivity contribution in [1.82, 2.24) is 0 Å². The molecular weight excluding hydrogens is 382 g/mol. The van der Waals surface area contributed by atoms with E-state index >= 15 is 0 Å². The highest BCUT2D eigenvalue weighted by Crippen LogP contribution is 2.37. The largest absolute Gasteiger partial charge is 0.446 e. The molecule has 134 valence electrons. The van der Waals surface area contributed by atoms with Crippen molar-refractivity contribution in [3.05, 3.63) is 58.9 Å². The van der Waals surface area contributed by atoms with Gasteiger partial charge in [-0.1, -0.05) is 6.07 Å². The third kappa shape index (κ3) is 4.21. The van der Waals surface area contributed by atoms with Crippen LogP contribution >= 0.6 is 11.8 Å². The number of benzene rings is 2. The first-order valence-electron chi connectivity index (χ1n) is 6.20. The molecule has 0 heterocycles. The molecule has 0 bridgehead atoms. The van der Waals surface area contributed by atoms with E-state index in [1.165, 1.54) is 0 Å². The molecule has 2 rings (SSSR count). The van der Waals surface area contributed by atoms with Crippen molar-refractivity contribution in [3.63, 3.8) is 0 Å². The van der Waals surface area contributed by atoms with Gasteiger partial charge in [0.1, 0.15) is 5.56 Å². The number of carbonyl (C=O) groups excluding carboxylic acids is 1. The summed E-state index contributed by atoms with van der Waals surface area (Å²) in [5.41, 5.74) is -6.70. The molecule has 1 amide bonds. The average Bonchev–Trinajstić information content (AvgIpc) is 2.50. The van der Waals surface area contributed by atoms with E-state index in [1.807, 2.05) is 0 Å². The van der Waals surface area contributed by atoms with Crippen molar-refractivity contribution in [3.8, 4) is 0 Å². The van der Waals surface area contributed by atoms with Crippen LogP contribution in [-0.2, 0) is 0 Å². The second kappa shape index (κ2) is 6.90. The lowest BCUT2D eigenvalue weighted by Gasteiger charge is -2.10. The van der Waals surface area contributed by atoms with Crippen molar-refractivity contribution >= 4 is 23.4 Å². The zero-order chi connectivity index (χ0) is 18.9. The Hall–Kier alpha value is -2.30. The lowest BCUT2D eigenvalue weighted by Crippen LogP contribution is -2.19. The number of rotatable bonds is 3. The summed E-state index contributed by atoms with van der Waals surface area (Å²) in [7, 11) is 0. The van der Waals surface area contributed by atoms with Gasteiger partial charge in [0, 0.05) is 10.6 Å². The second-order valence-electron chi connectivity index (χ2n) is 4.47. The van der Waals surface area contributed by atoms with E-state index in [9.17, 15) is 39.9 Å². The Morgan fingerprint density at radius 3 is 1.92 bits per heavy atom. The smallest absolute Gasteiger partial charge is 0.322 e. The lowest BCUT2D eigenvalue weighted by molar-refractivity contribution is -0.0328. The van der Waals surface area contributed by atoms with E-state index in [1.54, 1.807) is 5.32 Å². The summed E-state index contributed by atoms with van der Waals surface area (Å²) in [6, 6.07) is 4.04. The highest BCUT2D eigenvalue weighted by Gasteiger charge is 2.31. The summed E-state index contributed by atoms with van der Waals surface area (Å²) in [6.07, 6.45) is 0. The molecule has 2 aromatic rings. The first-order chi connectivity index (χ1) is 11.5. The SMILES string of the molecule is O=C(Nc1cccc(SC(F)(F)F)c1)c1c(F)c(F)c(F)c(F)c1F. The summed E-state index contributed by atoms with van der Waals surface area (Å²) in [6.45, 7) is 0. The molecule has 25 heavy (non-hydrogen) atoms. The quantitative estimate of drug-likeness (QED) is 0.338. The van der Waals surface area contributed by atoms with Crippen molar-refractivity contribution in [2.75, 3.05) is 5.32 Å². The van der Waals surface area contributed by atoms with Crippen LogP contribution < -0.4 is 5.32 Å². The zero-order valence-electron chi connectivity index (χ0n) is 11.6. The van der Waals surface area contributed by atoms with Crippen LogP contribution in [0.25, 0.3) is 0 Å².